The van der Waals surface area contributed by atoms with Crippen molar-refractivity contribution in [2.24, 2.45) is 4.99 Å². The van der Waals surface area contributed by atoms with E-state index in [1.165, 1.54) is 12.1 Å². The van der Waals surface area contributed by atoms with Crippen LogP contribution in [-0.4, -0.2) is 62.2 Å². The smallest absolute Gasteiger partial charge is 0.193 e. The van der Waals surface area contributed by atoms with Crippen molar-refractivity contribution in [3.63, 3.8) is 0 Å². The molecule has 1 fully saturated rings. The van der Waals surface area contributed by atoms with Crippen molar-refractivity contribution in [2.45, 2.75) is 12.8 Å². The van der Waals surface area contributed by atoms with Gasteiger partial charge in [0.25, 0.3) is 0 Å². The Balaban J connectivity index is 0.00000300. The predicted octanol–water partition coefficient (Wildman–Crippen LogP) is 3.40. The zero-order valence-corrected chi connectivity index (χ0v) is 19.1. The standard InChI is InChI=1S/C21H28FN5O.HI/c1-23-21(25-12-4-5-17-28-19-9-7-18(22)8-10-19)27-15-13-26(14-16-27)20-6-2-3-11-24-20;/h2-3,6-11H,4-5,12-17H2,1H3,(H,23,25);1H. The Morgan fingerprint density at radius 2 is 1.86 bits per heavy atom. The molecule has 2 heterocycles. The highest BCUT2D eigenvalue weighted by atomic mass is 127. The molecule has 0 spiro atoms. The monoisotopic (exact) mass is 513 g/mol. The number of nitrogens with zero attached hydrogens (tertiary/aromatic N) is 4. The maximum Gasteiger partial charge on any atom is 0.193 e. The van der Waals surface area contributed by atoms with Crippen molar-refractivity contribution in [3.8, 4) is 5.75 Å². The first kappa shape index (κ1) is 23.2. The molecule has 1 aromatic carbocycles. The van der Waals surface area contributed by atoms with Crippen LogP contribution in [0, 0.1) is 5.82 Å². The summed E-state index contributed by atoms with van der Waals surface area (Å²) in [5.41, 5.74) is 0. The lowest BCUT2D eigenvalue weighted by Crippen LogP contribution is -2.52. The first-order chi connectivity index (χ1) is 13.8. The van der Waals surface area contributed by atoms with Crippen molar-refractivity contribution in [1.29, 1.82) is 0 Å². The van der Waals surface area contributed by atoms with E-state index in [-0.39, 0.29) is 29.8 Å². The van der Waals surface area contributed by atoms with Crippen LogP contribution in [0.1, 0.15) is 12.8 Å². The first-order valence-electron chi connectivity index (χ1n) is 9.76. The average Bonchev–Trinajstić information content (AvgIpc) is 2.75. The molecule has 1 saturated heterocycles. The molecule has 0 bridgehead atoms. The maximum atomic E-state index is 12.9. The molecular weight excluding hydrogens is 484 g/mol. The zero-order chi connectivity index (χ0) is 19.6. The lowest BCUT2D eigenvalue weighted by molar-refractivity contribution is 0.305. The van der Waals surface area contributed by atoms with E-state index in [4.69, 9.17) is 4.74 Å². The van der Waals surface area contributed by atoms with Crippen molar-refractivity contribution < 1.29 is 9.13 Å². The molecule has 0 saturated carbocycles. The molecule has 29 heavy (non-hydrogen) atoms. The van der Waals surface area contributed by atoms with E-state index >= 15 is 0 Å². The van der Waals surface area contributed by atoms with Crippen molar-refractivity contribution >= 4 is 35.8 Å². The molecular formula is C21H29FIN5O. The van der Waals surface area contributed by atoms with Crippen molar-refractivity contribution in [2.75, 3.05) is 51.3 Å². The Labute approximate surface area is 189 Å². The van der Waals surface area contributed by atoms with Gasteiger partial charge in [-0.15, -0.1) is 24.0 Å². The number of aliphatic imine (C=N–C) groups is 1. The Bertz CT molecular complexity index is 736. The predicted molar refractivity (Wildman–Crippen MR) is 126 cm³/mol. The van der Waals surface area contributed by atoms with Gasteiger partial charge < -0.3 is 19.9 Å². The van der Waals surface area contributed by atoms with Gasteiger partial charge in [0.15, 0.2) is 5.96 Å². The lowest BCUT2D eigenvalue weighted by atomic mass is 10.3. The molecule has 158 valence electrons. The van der Waals surface area contributed by atoms with Gasteiger partial charge >= 0.3 is 0 Å². The molecule has 1 N–H and O–H groups in total. The van der Waals surface area contributed by atoms with Crippen LogP contribution in [0.15, 0.2) is 53.7 Å². The van der Waals surface area contributed by atoms with Gasteiger partial charge in [0.05, 0.1) is 6.61 Å². The molecule has 0 unspecified atom stereocenters. The number of piperazine rings is 1. The van der Waals surface area contributed by atoms with E-state index in [0.29, 0.717) is 12.4 Å². The quantitative estimate of drug-likeness (QED) is 0.266. The average molecular weight is 513 g/mol. The molecule has 2 aromatic rings. The minimum Gasteiger partial charge on any atom is -0.494 e. The number of hydrogen-bond donors (Lipinski definition) is 1. The van der Waals surface area contributed by atoms with Crippen LogP contribution in [-0.2, 0) is 0 Å². The molecule has 1 aliphatic heterocycles. The highest BCUT2D eigenvalue weighted by Crippen LogP contribution is 2.13. The van der Waals surface area contributed by atoms with Crippen molar-refractivity contribution in [3.05, 3.63) is 54.5 Å². The van der Waals surface area contributed by atoms with E-state index in [0.717, 1.165) is 57.3 Å². The largest absolute Gasteiger partial charge is 0.494 e. The Morgan fingerprint density at radius 3 is 2.52 bits per heavy atom. The molecule has 1 aromatic heterocycles. The number of aromatic nitrogens is 1. The highest BCUT2D eigenvalue weighted by Gasteiger charge is 2.20. The second-order valence-corrected chi connectivity index (χ2v) is 6.65. The van der Waals surface area contributed by atoms with E-state index < -0.39 is 0 Å². The first-order valence-corrected chi connectivity index (χ1v) is 9.76. The third kappa shape index (κ3) is 7.34. The van der Waals surface area contributed by atoms with Crippen LogP contribution in [0.3, 0.4) is 0 Å². The van der Waals surface area contributed by atoms with Crippen LogP contribution in [0.2, 0.25) is 0 Å². The van der Waals surface area contributed by atoms with Gasteiger partial charge in [-0.1, -0.05) is 6.07 Å². The third-order valence-electron chi connectivity index (χ3n) is 4.70. The Kier molecular flexibility index (Phi) is 9.96. The number of guanidine groups is 1. The Morgan fingerprint density at radius 1 is 1.10 bits per heavy atom. The number of hydrogen-bond acceptors (Lipinski definition) is 4. The van der Waals surface area contributed by atoms with Crippen molar-refractivity contribution in [1.82, 2.24) is 15.2 Å². The summed E-state index contributed by atoms with van der Waals surface area (Å²) in [4.78, 5) is 13.4. The number of halogens is 2. The fourth-order valence-electron chi connectivity index (χ4n) is 3.17. The second-order valence-electron chi connectivity index (χ2n) is 6.65. The highest BCUT2D eigenvalue weighted by molar-refractivity contribution is 14.0. The van der Waals surface area contributed by atoms with E-state index in [1.807, 2.05) is 25.4 Å². The summed E-state index contributed by atoms with van der Waals surface area (Å²) >= 11 is 0. The molecule has 1 aliphatic rings. The van der Waals surface area contributed by atoms with Crippen LogP contribution in [0.25, 0.3) is 0 Å². The Hall–Kier alpha value is -2.10. The normalized spacial score (nSPS) is 14.3. The summed E-state index contributed by atoms with van der Waals surface area (Å²) in [5, 5.41) is 3.44. The van der Waals surface area contributed by atoms with Gasteiger partial charge in [0.2, 0.25) is 0 Å². The fourth-order valence-corrected chi connectivity index (χ4v) is 3.17. The minimum absolute atomic E-state index is 0. The topological polar surface area (TPSA) is 53.0 Å². The van der Waals surface area contributed by atoms with Gasteiger partial charge in [-0.25, -0.2) is 9.37 Å². The lowest BCUT2D eigenvalue weighted by Gasteiger charge is -2.37. The fraction of sp³-hybridized carbons (Fsp3) is 0.429. The number of pyridine rings is 1. The molecule has 0 amide bonds. The molecule has 6 nitrogen and oxygen atoms in total. The summed E-state index contributed by atoms with van der Waals surface area (Å²) in [6.07, 6.45) is 3.74. The van der Waals surface area contributed by atoms with Gasteiger partial charge in [-0.3, -0.25) is 4.99 Å². The molecule has 0 aliphatic carbocycles. The van der Waals surface area contributed by atoms with E-state index in [9.17, 15) is 4.39 Å². The number of rotatable bonds is 7. The number of ether oxygens (including phenoxy) is 1. The minimum atomic E-state index is -0.246. The molecule has 0 atom stereocenters. The number of nitrogens with one attached hydrogen (secondary N) is 1. The second kappa shape index (κ2) is 12.5. The molecule has 0 radical (unpaired) electrons. The van der Waals surface area contributed by atoms with Gasteiger partial charge in [-0.2, -0.15) is 0 Å². The number of benzene rings is 1. The van der Waals surface area contributed by atoms with Crippen LogP contribution < -0.4 is 15.0 Å². The van der Waals surface area contributed by atoms with Crippen LogP contribution in [0.5, 0.6) is 5.75 Å². The van der Waals surface area contributed by atoms with E-state index in [1.54, 1.807) is 12.1 Å². The summed E-state index contributed by atoms with van der Waals surface area (Å²) in [7, 11) is 1.82. The number of unbranched alkanes of at least 4 members (excludes halogenated alkanes) is 1. The summed E-state index contributed by atoms with van der Waals surface area (Å²) < 4.78 is 18.5. The molecule has 3 rings (SSSR count). The van der Waals surface area contributed by atoms with Gasteiger partial charge in [0, 0.05) is 46.0 Å². The maximum absolute atomic E-state index is 12.9. The summed E-state index contributed by atoms with van der Waals surface area (Å²) in [6.45, 7) is 5.18. The van der Waals surface area contributed by atoms with Gasteiger partial charge in [-0.05, 0) is 49.2 Å². The molecule has 8 heteroatoms. The van der Waals surface area contributed by atoms with Crippen LogP contribution >= 0.6 is 24.0 Å². The zero-order valence-electron chi connectivity index (χ0n) is 16.8. The van der Waals surface area contributed by atoms with Crippen LogP contribution in [0.4, 0.5) is 10.2 Å². The number of anilines is 1. The SMILES string of the molecule is CN=C(NCCCCOc1ccc(F)cc1)N1CCN(c2ccccn2)CC1.I. The van der Waals surface area contributed by atoms with Gasteiger partial charge in [0.1, 0.15) is 17.4 Å². The summed E-state index contributed by atoms with van der Waals surface area (Å²) in [5.74, 6) is 2.44. The third-order valence-corrected chi connectivity index (χ3v) is 4.70. The summed E-state index contributed by atoms with van der Waals surface area (Å²) in [6, 6.07) is 12.1. The van der Waals surface area contributed by atoms with E-state index in [2.05, 4.69) is 31.2 Å².